The second kappa shape index (κ2) is 8.35. The first-order valence-corrected chi connectivity index (χ1v) is 9.36. The van der Waals surface area contributed by atoms with Crippen LogP contribution in [0.4, 0.5) is 0 Å². The molecule has 1 aliphatic rings. The van der Waals surface area contributed by atoms with Crippen LogP contribution in [0.15, 0.2) is 54.6 Å². The summed E-state index contributed by atoms with van der Waals surface area (Å²) in [6.45, 7) is 1.73. The van der Waals surface area contributed by atoms with Crippen molar-refractivity contribution < 1.29 is 19.2 Å². The Morgan fingerprint density at radius 3 is 2.07 bits per heavy atom. The van der Waals surface area contributed by atoms with E-state index in [9.17, 15) is 19.2 Å². The first-order valence-electron chi connectivity index (χ1n) is 8.98. The number of ketones is 1. The molecule has 1 fully saturated rings. The number of carbonyl (C=O) groups excluding carboxylic acids is 4. The lowest BCUT2D eigenvalue weighted by Crippen LogP contribution is -2.56. The van der Waals surface area contributed by atoms with Crippen LogP contribution >= 0.6 is 11.6 Å². The third-order valence-corrected chi connectivity index (χ3v) is 4.83. The molecule has 0 unspecified atom stereocenters. The fraction of sp³-hybridized carbons (Fsp3) is 0.238. The average Bonchev–Trinajstić information content (AvgIpc) is 3.04. The molecule has 0 aliphatic carbocycles. The van der Waals surface area contributed by atoms with Crippen LogP contribution in [0.25, 0.3) is 0 Å². The molecule has 2 aromatic carbocycles. The molecule has 0 radical (unpaired) electrons. The number of halogens is 1. The Morgan fingerprint density at radius 1 is 0.964 bits per heavy atom. The minimum Gasteiger partial charge on any atom is -0.292 e. The van der Waals surface area contributed by atoms with Crippen molar-refractivity contribution in [2.24, 2.45) is 0 Å². The molecule has 3 rings (SSSR count). The van der Waals surface area contributed by atoms with Crippen molar-refractivity contribution >= 4 is 35.1 Å². The van der Waals surface area contributed by atoms with Crippen LogP contribution in [0.3, 0.4) is 0 Å². The van der Waals surface area contributed by atoms with Crippen molar-refractivity contribution in [3.63, 3.8) is 0 Å². The minimum atomic E-state index is -0.989. The van der Waals surface area contributed by atoms with Gasteiger partial charge >= 0.3 is 0 Å². The van der Waals surface area contributed by atoms with Crippen molar-refractivity contribution in [2.45, 2.75) is 32.2 Å². The lowest BCUT2D eigenvalue weighted by molar-refractivity contribution is -0.155. The molecule has 6 nitrogen and oxygen atoms in total. The van der Waals surface area contributed by atoms with E-state index in [-0.39, 0.29) is 30.6 Å². The number of rotatable bonds is 6. The van der Waals surface area contributed by atoms with Gasteiger partial charge < -0.3 is 0 Å². The first-order chi connectivity index (χ1) is 13.4. The van der Waals surface area contributed by atoms with Gasteiger partial charge in [0.15, 0.2) is 5.78 Å². The lowest BCUT2D eigenvalue weighted by atomic mass is 10.0. The van der Waals surface area contributed by atoms with Crippen LogP contribution in [-0.2, 0) is 9.59 Å². The molecule has 7 heteroatoms. The van der Waals surface area contributed by atoms with Crippen LogP contribution in [0.2, 0.25) is 5.02 Å². The lowest BCUT2D eigenvalue weighted by Gasteiger charge is -2.35. The monoisotopic (exact) mass is 398 g/mol. The zero-order valence-electron chi connectivity index (χ0n) is 15.3. The highest BCUT2D eigenvalue weighted by Crippen LogP contribution is 2.24. The van der Waals surface area contributed by atoms with Gasteiger partial charge in [-0.25, -0.2) is 5.01 Å². The second-order valence-corrected chi connectivity index (χ2v) is 6.85. The number of Topliss-reactive ketones (excluding diaryl/α,β-unsaturated/α-hetero) is 1. The van der Waals surface area contributed by atoms with Gasteiger partial charge in [-0.1, -0.05) is 48.9 Å². The number of hydrogen-bond donors (Lipinski definition) is 0. The van der Waals surface area contributed by atoms with Gasteiger partial charge in [0.25, 0.3) is 5.91 Å². The molecule has 28 heavy (non-hydrogen) atoms. The largest absolute Gasteiger partial charge is 0.292 e. The molecular formula is C21H19ClN2O4. The van der Waals surface area contributed by atoms with Crippen LogP contribution in [0.1, 0.15) is 46.9 Å². The number of benzene rings is 2. The maximum atomic E-state index is 13.3. The molecule has 0 aromatic heterocycles. The predicted molar refractivity (Wildman–Crippen MR) is 104 cm³/mol. The number of hydrogen-bond acceptors (Lipinski definition) is 4. The number of imide groups is 1. The Morgan fingerprint density at radius 2 is 1.54 bits per heavy atom. The van der Waals surface area contributed by atoms with Crippen molar-refractivity contribution in [3.8, 4) is 0 Å². The summed E-state index contributed by atoms with van der Waals surface area (Å²) in [6.07, 6.45) is 0.266. The second-order valence-electron chi connectivity index (χ2n) is 6.41. The van der Waals surface area contributed by atoms with E-state index in [1.165, 1.54) is 12.1 Å². The number of amides is 3. The molecule has 0 bridgehead atoms. The Bertz CT molecular complexity index is 896. The molecule has 0 saturated carbocycles. The van der Waals surface area contributed by atoms with E-state index >= 15 is 0 Å². The van der Waals surface area contributed by atoms with Gasteiger partial charge in [-0.2, -0.15) is 5.01 Å². The summed E-state index contributed by atoms with van der Waals surface area (Å²) in [4.78, 5) is 51.1. The van der Waals surface area contributed by atoms with Gasteiger partial charge in [0.05, 0.1) is 0 Å². The molecular weight excluding hydrogens is 380 g/mol. The van der Waals surface area contributed by atoms with Crippen LogP contribution in [0.5, 0.6) is 0 Å². The zero-order valence-corrected chi connectivity index (χ0v) is 16.1. The van der Waals surface area contributed by atoms with E-state index in [0.29, 0.717) is 10.6 Å². The summed E-state index contributed by atoms with van der Waals surface area (Å²) in [7, 11) is 0. The Labute approximate surface area is 167 Å². The van der Waals surface area contributed by atoms with Gasteiger partial charge in [-0.05, 0) is 30.7 Å². The van der Waals surface area contributed by atoms with Crippen LogP contribution < -0.4 is 0 Å². The number of nitrogens with zero attached hydrogens (tertiary/aromatic N) is 2. The van der Waals surface area contributed by atoms with E-state index in [2.05, 4.69) is 0 Å². The fourth-order valence-electron chi connectivity index (χ4n) is 3.17. The Hall–Kier alpha value is -2.99. The topological polar surface area (TPSA) is 74.8 Å². The average molecular weight is 399 g/mol. The molecule has 1 aliphatic heterocycles. The summed E-state index contributed by atoms with van der Waals surface area (Å²) >= 11 is 5.89. The van der Waals surface area contributed by atoms with Gasteiger partial charge in [-0.3, -0.25) is 19.2 Å². The van der Waals surface area contributed by atoms with Gasteiger partial charge in [0, 0.05) is 29.0 Å². The van der Waals surface area contributed by atoms with E-state index in [1.807, 2.05) is 0 Å². The van der Waals surface area contributed by atoms with Crippen LogP contribution in [-0.4, -0.2) is 39.6 Å². The van der Waals surface area contributed by atoms with E-state index in [1.54, 1.807) is 49.4 Å². The molecule has 0 spiro atoms. The summed E-state index contributed by atoms with van der Waals surface area (Å²) in [6, 6.07) is 13.6. The molecule has 3 amide bonds. The highest BCUT2D eigenvalue weighted by Gasteiger charge is 2.42. The van der Waals surface area contributed by atoms with E-state index in [0.717, 1.165) is 10.0 Å². The molecule has 144 valence electrons. The fourth-order valence-corrected chi connectivity index (χ4v) is 3.29. The Kier molecular flexibility index (Phi) is 5.90. The number of carbonyl (C=O) groups is 4. The molecule has 2 aromatic rings. The maximum absolute atomic E-state index is 13.3. The maximum Gasteiger partial charge on any atom is 0.273 e. The quantitative estimate of drug-likeness (QED) is 0.551. The standard InChI is InChI=1S/C21H19ClN2O4/c1-2-17(20(27)14-6-4-3-5-7-14)23(24-18(25)12-13-19(24)26)21(28)15-8-10-16(22)11-9-15/h3-11,17H,2,12-13H2,1H3/t17-/m1/s1. The highest BCUT2D eigenvalue weighted by atomic mass is 35.5. The van der Waals surface area contributed by atoms with Gasteiger partial charge in [0.1, 0.15) is 6.04 Å². The summed E-state index contributed by atoms with van der Waals surface area (Å²) < 4.78 is 0. The first kappa shape index (κ1) is 19.8. The van der Waals surface area contributed by atoms with E-state index in [4.69, 9.17) is 11.6 Å². The number of hydrazine groups is 1. The predicted octanol–water partition coefficient (Wildman–Crippen LogP) is 3.51. The Balaban J connectivity index is 2.05. The van der Waals surface area contributed by atoms with E-state index < -0.39 is 23.8 Å². The van der Waals surface area contributed by atoms with Gasteiger partial charge in [0.2, 0.25) is 11.8 Å². The summed E-state index contributed by atoms with van der Waals surface area (Å²) in [5.74, 6) is -1.92. The highest BCUT2D eigenvalue weighted by molar-refractivity contribution is 6.30. The van der Waals surface area contributed by atoms with Gasteiger partial charge in [-0.15, -0.1) is 0 Å². The third-order valence-electron chi connectivity index (χ3n) is 4.58. The third kappa shape index (κ3) is 3.82. The van der Waals surface area contributed by atoms with Crippen molar-refractivity contribution in [1.29, 1.82) is 0 Å². The minimum absolute atomic E-state index is 0.0131. The summed E-state index contributed by atoms with van der Waals surface area (Å²) in [5.41, 5.74) is 0.638. The summed E-state index contributed by atoms with van der Waals surface area (Å²) in [5, 5.41) is 2.28. The molecule has 1 saturated heterocycles. The molecule has 1 heterocycles. The van der Waals surface area contributed by atoms with Crippen molar-refractivity contribution in [2.75, 3.05) is 0 Å². The molecule has 0 N–H and O–H groups in total. The van der Waals surface area contributed by atoms with Crippen LogP contribution in [0, 0.1) is 0 Å². The zero-order chi connectivity index (χ0) is 20.3. The van der Waals surface area contributed by atoms with Crippen molar-refractivity contribution in [1.82, 2.24) is 10.0 Å². The van der Waals surface area contributed by atoms with Crippen molar-refractivity contribution in [3.05, 3.63) is 70.7 Å². The molecule has 1 atom stereocenters. The SMILES string of the molecule is CC[C@H](C(=O)c1ccccc1)N(C(=O)c1ccc(Cl)cc1)N1C(=O)CCC1=O. The normalized spacial score (nSPS) is 14.9. The smallest absolute Gasteiger partial charge is 0.273 e.